The molecule has 0 bridgehead atoms. The molecule has 9 heteroatoms. The van der Waals surface area contributed by atoms with Crippen molar-refractivity contribution in [1.82, 2.24) is 19.7 Å². The normalized spacial score (nSPS) is 17.8. The number of hydrogen-bond acceptors (Lipinski definition) is 5. The molecule has 2 aromatic heterocycles. The van der Waals surface area contributed by atoms with Gasteiger partial charge < -0.3 is 10.5 Å². The maximum absolute atomic E-state index is 14.5. The van der Waals surface area contributed by atoms with Gasteiger partial charge in [0.25, 0.3) is 0 Å². The van der Waals surface area contributed by atoms with Gasteiger partial charge in [-0.1, -0.05) is 12.1 Å². The third-order valence-electron chi connectivity index (χ3n) is 4.60. The standard InChI is InChI=1S/C19H20FN5O.2ClH/c1-2-26-14-7-8-16(22-11-14)19-24-23-18(12-9-13(21)10-12)25(19)17-6-4-3-5-15(17)20;;/h3-8,11-13H,2,9-10,21H2,1H3;2*1H. The molecular formula is C19H22Cl2FN5O. The van der Waals surface area contributed by atoms with Crippen molar-refractivity contribution in [2.45, 2.75) is 31.7 Å². The Morgan fingerprint density at radius 3 is 2.50 bits per heavy atom. The quantitative estimate of drug-likeness (QED) is 0.669. The second kappa shape index (κ2) is 9.32. The fraction of sp³-hybridized carbons (Fsp3) is 0.316. The topological polar surface area (TPSA) is 78.9 Å². The highest BCUT2D eigenvalue weighted by Gasteiger charge is 2.33. The molecule has 3 aromatic rings. The highest BCUT2D eigenvalue weighted by Crippen LogP contribution is 2.37. The highest BCUT2D eigenvalue weighted by molar-refractivity contribution is 5.85. The first-order valence-corrected chi connectivity index (χ1v) is 8.72. The van der Waals surface area contributed by atoms with Gasteiger partial charge in [-0.2, -0.15) is 0 Å². The Kier molecular flexibility index (Phi) is 7.35. The molecule has 0 unspecified atom stereocenters. The van der Waals surface area contributed by atoms with Gasteiger partial charge >= 0.3 is 0 Å². The average molecular weight is 426 g/mol. The number of aromatic nitrogens is 4. The molecule has 1 saturated carbocycles. The fourth-order valence-electron chi connectivity index (χ4n) is 3.23. The first kappa shape index (κ1) is 22.1. The summed E-state index contributed by atoms with van der Waals surface area (Å²) < 4.78 is 21.7. The van der Waals surface area contributed by atoms with Crippen LogP contribution in [0.25, 0.3) is 17.2 Å². The van der Waals surface area contributed by atoms with Crippen molar-refractivity contribution >= 4 is 24.8 Å². The van der Waals surface area contributed by atoms with Gasteiger partial charge in [0.05, 0.1) is 18.5 Å². The number of para-hydroxylation sites is 1. The minimum absolute atomic E-state index is 0. The van der Waals surface area contributed by atoms with Crippen LogP contribution in [-0.2, 0) is 0 Å². The summed E-state index contributed by atoms with van der Waals surface area (Å²) in [7, 11) is 0. The molecule has 0 radical (unpaired) electrons. The van der Waals surface area contributed by atoms with Crippen LogP contribution >= 0.6 is 24.8 Å². The zero-order valence-electron chi connectivity index (χ0n) is 15.3. The summed E-state index contributed by atoms with van der Waals surface area (Å²) in [5.74, 6) is 1.76. The summed E-state index contributed by atoms with van der Waals surface area (Å²) in [4.78, 5) is 4.42. The second-order valence-corrected chi connectivity index (χ2v) is 6.41. The van der Waals surface area contributed by atoms with Gasteiger partial charge in [0.1, 0.15) is 23.1 Å². The number of nitrogens with zero attached hydrogens (tertiary/aromatic N) is 4. The lowest BCUT2D eigenvalue weighted by atomic mass is 9.80. The molecule has 0 atom stereocenters. The maximum atomic E-state index is 14.5. The van der Waals surface area contributed by atoms with E-state index in [1.165, 1.54) is 6.07 Å². The average Bonchev–Trinajstić information content (AvgIpc) is 3.04. The fourth-order valence-corrected chi connectivity index (χ4v) is 3.23. The summed E-state index contributed by atoms with van der Waals surface area (Å²) in [5.41, 5.74) is 6.96. The molecule has 0 aliphatic heterocycles. The van der Waals surface area contributed by atoms with Crippen molar-refractivity contribution in [3.8, 4) is 23.0 Å². The van der Waals surface area contributed by atoms with Gasteiger partial charge in [0.2, 0.25) is 0 Å². The zero-order valence-corrected chi connectivity index (χ0v) is 16.9. The van der Waals surface area contributed by atoms with Crippen LogP contribution in [0.3, 0.4) is 0 Å². The number of pyridine rings is 1. The monoisotopic (exact) mass is 425 g/mol. The molecule has 4 rings (SSSR count). The van der Waals surface area contributed by atoms with E-state index in [0.29, 0.717) is 29.6 Å². The van der Waals surface area contributed by atoms with Crippen molar-refractivity contribution in [2.24, 2.45) is 5.73 Å². The summed E-state index contributed by atoms with van der Waals surface area (Å²) in [6.07, 6.45) is 3.28. The Labute approximate surface area is 175 Å². The van der Waals surface area contributed by atoms with Crippen molar-refractivity contribution in [3.63, 3.8) is 0 Å². The largest absolute Gasteiger partial charge is 0.492 e. The molecule has 1 fully saturated rings. The maximum Gasteiger partial charge on any atom is 0.187 e. The summed E-state index contributed by atoms with van der Waals surface area (Å²) in [5, 5.41) is 8.65. The molecule has 1 aliphatic rings. The van der Waals surface area contributed by atoms with Crippen LogP contribution in [0.2, 0.25) is 0 Å². The summed E-state index contributed by atoms with van der Waals surface area (Å²) >= 11 is 0. The number of halogens is 3. The number of ether oxygens (including phenoxy) is 1. The highest BCUT2D eigenvalue weighted by atomic mass is 35.5. The molecule has 0 saturated heterocycles. The van der Waals surface area contributed by atoms with Crippen LogP contribution in [0.15, 0.2) is 42.6 Å². The van der Waals surface area contributed by atoms with E-state index in [2.05, 4.69) is 15.2 Å². The lowest BCUT2D eigenvalue weighted by Gasteiger charge is -2.31. The predicted octanol–water partition coefficient (Wildman–Crippen LogP) is 3.92. The molecule has 1 aliphatic carbocycles. The Morgan fingerprint density at radius 1 is 1.14 bits per heavy atom. The SMILES string of the molecule is CCOc1ccc(-c2nnc(C3CC(N)C3)n2-c2ccccc2F)nc1.Cl.Cl. The van der Waals surface area contributed by atoms with Gasteiger partial charge in [-0.15, -0.1) is 35.0 Å². The van der Waals surface area contributed by atoms with Crippen molar-refractivity contribution in [1.29, 1.82) is 0 Å². The Bertz CT molecular complexity index is 913. The van der Waals surface area contributed by atoms with Gasteiger partial charge in [-0.3, -0.25) is 4.57 Å². The number of nitrogens with two attached hydrogens (primary N) is 1. The van der Waals surface area contributed by atoms with Gasteiger partial charge in [-0.25, -0.2) is 9.37 Å². The van der Waals surface area contributed by atoms with Crippen molar-refractivity contribution < 1.29 is 9.13 Å². The molecule has 0 amide bonds. The molecule has 28 heavy (non-hydrogen) atoms. The van der Waals surface area contributed by atoms with E-state index in [-0.39, 0.29) is 42.6 Å². The molecule has 2 heterocycles. The minimum atomic E-state index is -0.329. The molecule has 2 N–H and O–H groups in total. The van der Waals surface area contributed by atoms with Crippen LogP contribution in [0.1, 0.15) is 31.5 Å². The van der Waals surface area contributed by atoms with Gasteiger partial charge in [-0.05, 0) is 44.0 Å². The third kappa shape index (κ3) is 4.11. The lowest BCUT2D eigenvalue weighted by molar-refractivity contribution is 0.334. The van der Waals surface area contributed by atoms with E-state index in [1.54, 1.807) is 29.0 Å². The first-order valence-electron chi connectivity index (χ1n) is 8.72. The van der Waals surface area contributed by atoms with Crippen molar-refractivity contribution in [2.75, 3.05) is 6.61 Å². The van der Waals surface area contributed by atoms with Crippen LogP contribution in [-0.4, -0.2) is 32.4 Å². The van der Waals surface area contributed by atoms with Crippen LogP contribution < -0.4 is 10.5 Å². The van der Waals surface area contributed by atoms with Crippen LogP contribution in [0, 0.1) is 5.82 Å². The lowest BCUT2D eigenvalue weighted by Crippen LogP contribution is -2.36. The minimum Gasteiger partial charge on any atom is -0.492 e. The number of rotatable bonds is 5. The van der Waals surface area contributed by atoms with E-state index in [0.717, 1.165) is 18.7 Å². The Balaban J connectivity index is 0.00000140. The first-order chi connectivity index (χ1) is 12.7. The zero-order chi connectivity index (χ0) is 18.1. The third-order valence-corrected chi connectivity index (χ3v) is 4.60. The molecule has 0 spiro atoms. The van der Waals surface area contributed by atoms with Gasteiger partial charge in [0.15, 0.2) is 5.82 Å². The molecular weight excluding hydrogens is 404 g/mol. The molecule has 1 aromatic carbocycles. The van der Waals surface area contributed by atoms with E-state index < -0.39 is 0 Å². The smallest absolute Gasteiger partial charge is 0.187 e. The van der Waals surface area contributed by atoms with E-state index in [4.69, 9.17) is 10.5 Å². The van der Waals surface area contributed by atoms with E-state index >= 15 is 0 Å². The van der Waals surface area contributed by atoms with E-state index in [9.17, 15) is 4.39 Å². The van der Waals surface area contributed by atoms with Crippen molar-refractivity contribution in [3.05, 3.63) is 54.2 Å². The van der Waals surface area contributed by atoms with E-state index in [1.807, 2.05) is 19.1 Å². The van der Waals surface area contributed by atoms with Crippen LogP contribution in [0.4, 0.5) is 4.39 Å². The number of hydrogen-bond donors (Lipinski definition) is 1. The Hall–Kier alpha value is -2.22. The summed E-state index contributed by atoms with van der Waals surface area (Å²) in [6.45, 7) is 2.48. The summed E-state index contributed by atoms with van der Waals surface area (Å²) in [6, 6.07) is 10.4. The predicted molar refractivity (Wildman–Crippen MR) is 110 cm³/mol. The van der Waals surface area contributed by atoms with Gasteiger partial charge in [0, 0.05) is 12.0 Å². The number of benzene rings is 1. The Morgan fingerprint density at radius 2 is 1.89 bits per heavy atom. The molecule has 150 valence electrons. The van der Waals surface area contributed by atoms with Crippen LogP contribution in [0.5, 0.6) is 5.75 Å². The molecule has 6 nitrogen and oxygen atoms in total. The second-order valence-electron chi connectivity index (χ2n) is 6.41.